The van der Waals surface area contributed by atoms with Crippen LogP contribution in [-0.4, -0.2) is 64.5 Å². The van der Waals surface area contributed by atoms with Crippen LogP contribution < -0.4 is 10.6 Å². The van der Waals surface area contributed by atoms with Gasteiger partial charge in [0.15, 0.2) is 0 Å². The van der Waals surface area contributed by atoms with Gasteiger partial charge in [0.2, 0.25) is 0 Å². The van der Waals surface area contributed by atoms with Crippen molar-refractivity contribution < 1.29 is 4.92 Å². The number of piperazine rings is 1. The van der Waals surface area contributed by atoms with Gasteiger partial charge in [-0.3, -0.25) is 15.0 Å². The third kappa shape index (κ3) is 5.04. The highest BCUT2D eigenvalue weighted by molar-refractivity contribution is 5.94. The maximum Gasteiger partial charge on any atom is 0.293 e. The number of nitro benzene ring substituents is 1. The van der Waals surface area contributed by atoms with E-state index in [9.17, 15) is 10.1 Å². The molecule has 0 spiro atoms. The molecule has 1 atom stereocenters. The average Bonchev–Trinajstić information content (AvgIpc) is 2.82. The Morgan fingerprint density at radius 2 is 1.88 bits per heavy atom. The van der Waals surface area contributed by atoms with Crippen molar-refractivity contribution in [3.8, 4) is 0 Å². The molecule has 1 aliphatic heterocycles. The van der Waals surface area contributed by atoms with E-state index in [1.54, 1.807) is 12.1 Å². The van der Waals surface area contributed by atoms with Crippen LogP contribution in [0.1, 0.15) is 31.0 Å². The van der Waals surface area contributed by atoms with Gasteiger partial charge in [-0.15, -0.1) is 0 Å². The molecule has 2 N–H and O–H groups in total. The summed E-state index contributed by atoms with van der Waals surface area (Å²) >= 11 is 0. The normalized spacial score (nSPS) is 16.0. The number of aromatic nitrogens is 2. The number of nitro groups is 1. The van der Waals surface area contributed by atoms with Crippen LogP contribution in [0.3, 0.4) is 0 Å². The lowest BCUT2D eigenvalue weighted by Gasteiger charge is -2.37. The molecule has 0 amide bonds. The molecule has 9 heteroatoms. The zero-order valence-electron chi connectivity index (χ0n) is 19.4. The van der Waals surface area contributed by atoms with E-state index in [0.717, 1.165) is 26.2 Å². The number of benzene rings is 2. The molecule has 2 heterocycles. The first-order chi connectivity index (χ1) is 16.0. The quantitative estimate of drug-likeness (QED) is 0.395. The van der Waals surface area contributed by atoms with Gasteiger partial charge in [0, 0.05) is 56.8 Å². The Bertz CT molecular complexity index is 1130. The molecule has 174 valence electrons. The molecule has 0 bridgehead atoms. The van der Waals surface area contributed by atoms with Gasteiger partial charge >= 0.3 is 0 Å². The van der Waals surface area contributed by atoms with Crippen molar-refractivity contribution in [2.24, 2.45) is 0 Å². The van der Waals surface area contributed by atoms with Crippen molar-refractivity contribution in [2.45, 2.75) is 26.4 Å². The van der Waals surface area contributed by atoms with E-state index in [1.807, 2.05) is 13.0 Å². The van der Waals surface area contributed by atoms with Crippen LogP contribution in [0.4, 0.5) is 17.2 Å². The zero-order chi connectivity index (χ0) is 23.4. The molecule has 1 aliphatic rings. The maximum atomic E-state index is 11.6. The number of nitrogens with zero attached hydrogens (tertiary/aromatic N) is 5. The fraction of sp³-hybridized carbons (Fsp3) is 0.417. The second kappa shape index (κ2) is 10.1. The molecule has 0 saturated carbocycles. The van der Waals surface area contributed by atoms with Crippen molar-refractivity contribution in [1.29, 1.82) is 0 Å². The van der Waals surface area contributed by atoms with Crippen molar-refractivity contribution in [3.05, 3.63) is 64.0 Å². The predicted octanol–water partition coefficient (Wildman–Crippen LogP) is 3.89. The van der Waals surface area contributed by atoms with Crippen LogP contribution in [0, 0.1) is 10.1 Å². The lowest BCUT2D eigenvalue weighted by molar-refractivity contribution is -0.383. The molecule has 4 rings (SSSR count). The minimum atomic E-state index is -0.374. The third-order valence-electron chi connectivity index (χ3n) is 6.35. The number of rotatable bonds is 8. The van der Waals surface area contributed by atoms with Gasteiger partial charge in [-0.1, -0.05) is 24.3 Å². The monoisotopic (exact) mass is 449 g/mol. The Kier molecular flexibility index (Phi) is 7.00. The van der Waals surface area contributed by atoms with Crippen molar-refractivity contribution in [3.63, 3.8) is 0 Å². The molecule has 1 unspecified atom stereocenters. The van der Waals surface area contributed by atoms with Crippen molar-refractivity contribution in [2.75, 3.05) is 50.4 Å². The zero-order valence-corrected chi connectivity index (χ0v) is 19.4. The lowest BCUT2D eigenvalue weighted by Crippen LogP contribution is -2.45. The Hall–Kier alpha value is -3.30. The molecular weight excluding hydrogens is 418 g/mol. The van der Waals surface area contributed by atoms with E-state index in [2.05, 4.69) is 62.6 Å². The number of hydrogen-bond acceptors (Lipinski definition) is 8. The molecule has 33 heavy (non-hydrogen) atoms. The summed E-state index contributed by atoms with van der Waals surface area (Å²) < 4.78 is 0. The Morgan fingerprint density at radius 3 is 2.61 bits per heavy atom. The molecule has 0 aliphatic carbocycles. The van der Waals surface area contributed by atoms with E-state index >= 15 is 0 Å². The molecule has 9 nitrogen and oxygen atoms in total. The van der Waals surface area contributed by atoms with Gasteiger partial charge in [0.05, 0.1) is 10.4 Å². The average molecular weight is 450 g/mol. The number of hydrogen-bond donors (Lipinski definition) is 2. The fourth-order valence-corrected chi connectivity index (χ4v) is 4.40. The summed E-state index contributed by atoms with van der Waals surface area (Å²) in [6.45, 7) is 9.57. The summed E-state index contributed by atoms with van der Waals surface area (Å²) in [5, 5.41) is 18.7. The van der Waals surface area contributed by atoms with Crippen LogP contribution >= 0.6 is 0 Å². The smallest absolute Gasteiger partial charge is 0.293 e. The van der Waals surface area contributed by atoms with Crippen molar-refractivity contribution >= 4 is 28.1 Å². The number of fused-ring (bicyclic) bond motifs is 1. The standard InChI is InChI=1S/C24H31N7O2/c1-4-25-22-14-21-20(13-23(22)31(32)33)24(28-16-27-21)26-15-18-7-5-6-8-19(18)17(2)30-11-9-29(3)10-12-30/h5-8,13-14,16-17,25H,4,9-12,15H2,1-3H3,(H,26,27,28). The maximum absolute atomic E-state index is 11.6. The lowest BCUT2D eigenvalue weighted by atomic mass is 9.99. The van der Waals surface area contributed by atoms with Crippen LogP contribution in [0.25, 0.3) is 10.9 Å². The second-order valence-electron chi connectivity index (χ2n) is 8.46. The van der Waals surface area contributed by atoms with E-state index in [-0.39, 0.29) is 10.6 Å². The van der Waals surface area contributed by atoms with Gasteiger partial charge in [-0.05, 0) is 38.1 Å². The molecule has 1 aromatic heterocycles. The highest BCUT2D eigenvalue weighted by atomic mass is 16.6. The number of likely N-dealkylation sites (N-methyl/N-ethyl adjacent to an activating group) is 1. The number of anilines is 2. The van der Waals surface area contributed by atoms with Gasteiger partial charge in [-0.25, -0.2) is 9.97 Å². The van der Waals surface area contributed by atoms with Gasteiger partial charge < -0.3 is 15.5 Å². The highest BCUT2D eigenvalue weighted by Gasteiger charge is 2.22. The minimum Gasteiger partial charge on any atom is -0.380 e. The summed E-state index contributed by atoms with van der Waals surface area (Å²) in [5.41, 5.74) is 3.62. The predicted molar refractivity (Wildman–Crippen MR) is 132 cm³/mol. The first-order valence-electron chi connectivity index (χ1n) is 11.4. The second-order valence-corrected chi connectivity index (χ2v) is 8.46. The van der Waals surface area contributed by atoms with Gasteiger partial charge in [0.1, 0.15) is 17.8 Å². The van der Waals surface area contributed by atoms with Gasteiger partial charge in [0.25, 0.3) is 5.69 Å². The molecule has 1 fully saturated rings. The summed E-state index contributed by atoms with van der Waals surface area (Å²) in [5.74, 6) is 0.591. The molecule has 0 radical (unpaired) electrons. The van der Waals surface area contributed by atoms with Crippen LogP contribution in [0.15, 0.2) is 42.7 Å². The first kappa shape index (κ1) is 22.9. The summed E-state index contributed by atoms with van der Waals surface area (Å²) in [4.78, 5) is 24.8. The van der Waals surface area contributed by atoms with Crippen LogP contribution in [-0.2, 0) is 6.54 Å². The fourth-order valence-electron chi connectivity index (χ4n) is 4.40. The molecular formula is C24H31N7O2. The number of nitrogens with one attached hydrogen (secondary N) is 2. The van der Waals surface area contributed by atoms with E-state index < -0.39 is 0 Å². The molecule has 1 saturated heterocycles. The summed E-state index contributed by atoms with van der Waals surface area (Å²) in [7, 11) is 2.16. The Labute approximate surface area is 194 Å². The van der Waals surface area contributed by atoms with Crippen molar-refractivity contribution in [1.82, 2.24) is 19.8 Å². The first-order valence-corrected chi connectivity index (χ1v) is 11.4. The van der Waals surface area contributed by atoms with Gasteiger partial charge in [-0.2, -0.15) is 0 Å². The Morgan fingerprint density at radius 1 is 1.12 bits per heavy atom. The SMILES string of the molecule is CCNc1cc2ncnc(NCc3ccccc3C(C)N3CCN(C)CC3)c2cc1[N+](=O)[O-]. The topological polar surface area (TPSA) is 99.5 Å². The molecule has 3 aromatic rings. The van der Waals surface area contributed by atoms with E-state index in [4.69, 9.17) is 0 Å². The largest absolute Gasteiger partial charge is 0.380 e. The third-order valence-corrected chi connectivity index (χ3v) is 6.35. The van der Waals surface area contributed by atoms with Crippen LogP contribution in [0.5, 0.6) is 0 Å². The van der Waals surface area contributed by atoms with Crippen LogP contribution in [0.2, 0.25) is 0 Å². The Balaban J connectivity index is 1.59. The summed E-state index contributed by atoms with van der Waals surface area (Å²) in [6.07, 6.45) is 1.49. The minimum absolute atomic E-state index is 0.0197. The molecule has 2 aromatic carbocycles. The highest BCUT2D eigenvalue weighted by Crippen LogP contribution is 2.32. The van der Waals surface area contributed by atoms with E-state index in [1.165, 1.54) is 17.5 Å². The van der Waals surface area contributed by atoms with E-state index in [0.29, 0.717) is 41.5 Å². The summed E-state index contributed by atoms with van der Waals surface area (Å²) in [6, 6.07) is 12.0.